The van der Waals surface area contributed by atoms with Crippen LogP contribution in [0.25, 0.3) is 5.78 Å². The molecule has 0 saturated heterocycles. The van der Waals surface area contributed by atoms with Gasteiger partial charge < -0.3 is 14.4 Å². The van der Waals surface area contributed by atoms with E-state index in [-0.39, 0.29) is 24.6 Å². The molecule has 1 fully saturated rings. The fraction of sp³-hybridized carbons (Fsp3) is 0.500. The van der Waals surface area contributed by atoms with E-state index in [1.165, 1.54) is 6.42 Å². The monoisotopic (exact) mass is 435 g/mol. The zero-order chi connectivity index (χ0) is 22.4. The van der Waals surface area contributed by atoms with E-state index >= 15 is 0 Å². The van der Waals surface area contributed by atoms with Crippen LogP contribution in [-0.4, -0.2) is 43.2 Å². The third kappa shape index (κ3) is 3.67. The van der Waals surface area contributed by atoms with Gasteiger partial charge in [-0.3, -0.25) is 4.79 Å². The van der Waals surface area contributed by atoms with E-state index in [1.807, 2.05) is 43.0 Å². The maximum Gasteiger partial charge on any atom is 0.294 e. The smallest absolute Gasteiger partial charge is 0.294 e. The van der Waals surface area contributed by atoms with Crippen LogP contribution in [0.3, 0.4) is 0 Å². The molecule has 1 aromatic carbocycles. The van der Waals surface area contributed by atoms with E-state index in [9.17, 15) is 4.79 Å². The second-order valence-corrected chi connectivity index (χ2v) is 9.14. The van der Waals surface area contributed by atoms with Gasteiger partial charge in [-0.25, -0.2) is 9.50 Å². The number of fused-ring (bicyclic) bond motifs is 2. The molecule has 168 valence electrons. The maximum atomic E-state index is 13.8. The molecule has 0 bridgehead atoms. The Bertz CT molecular complexity index is 1170. The van der Waals surface area contributed by atoms with Crippen LogP contribution >= 0.6 is 0 Å². The summed E-state index contributed by atoms with van der Waals surface area (Å²) in [5.74, 6) is 2.90. The summed E-state index contributed by atoms with van der Waals surface area (Å²) in [5, 5.41) is 4.52. The molecule has 1 saturated carbocycles. The number of aromatic nitrogens is 4. The highest BCUT2D eigenvalue weighted by atomic mass is 16.7. The molecule has 1 aliphatic heterocycles. The van der Waals surface area contributed by atoms with Crippen LogP contribution in [0.5, 0.6) is 11.5 Å². The molecule has 2 aliphatic rings. The molecule has 0 N–H and O–H groups in total. The molecule has 3 heterocycles. The van der Waals surface area contributed by atoms with Gasteiger partial charge in [0.2, 0.25) is 12.6 Å². The molecule has 3 unspecified atom stereocenters. The number of ether oxygens (including phenoxy) is 2. The summed E-state index contributed by atoms with van der Waals surface area (Å²) in [6, 6.07) is 7.93. The Balaban J connectivity index is 1.51. The summed E-state index contributed by atoms with van der Waals surface area (Å²) in [6.07, 6.45) is 3.28. The van der Waals surface area contributed by atoms with Gasteiger partial charge in [0.05, 0.1) is 0 Å². The van der Waals surface area contributed by atoms with Gasteiger partial charge in [0, 0.05) is 24.0 Å². The highest BCUT2D eigenvalue weighted by Gasteiger charge is 2.36. The van der Waals surface area contributed by atoms with E-state index in [2.05, 4.69) is 28.9 Å². The highest BCUT2D eigenvalue weighted by molar-refractivity contribution is 5.91. The average Bonchev–Trinajstić information content (AvgIpc) is 3.40. The largest absolute Gasteiger partial charge is 0.454 e. The first kappa shape index (κ1) is 20.7. The van der Waals surface area contributed by atoms with Gasteiger partial charge >= 0.3 is 0 Å². The second-order valence-electron chi connectivity index (χ2n) is 9.14. The highest BCUT2D eigenvalue weighted by Crippen LogP contribution is 2.36. The van der Waals surface area contributed by atoms with Crippen molar-refractivity contribution in [2.24, 2.45) is 11.8 Å². The molecule has 2 aromatic heterocycles. The van der Waals surface area contributed by atoms with Crippen LogP contribution in [0.15, 0.2) is 24.3 Å². The minimum atomic E-state index is -0.156. The third-order valence-electron chi connectivity index (χ3n) is 6.92. The van der Waals surface area contributed by atoms with Crippen LogP contribution in [0.1, 0.15) is 60.7 Å². The quantitative estimate of drug-likeness (QED) is 0.617. The van der Waals surface area contributed by atoms with Crippen molar-refractivity contribution in [3.63, 3.8) is 0 Å². The minimum Gasteiger partial charge on any atom is -0.454 e. The zero-order valence-electron chi connectivity index (χ0n) is 19.0. The van der Waals surface area contributed by atoms with Crippen molar-refractivity contribution in [2.45, 2.75) is 59.5 Å². The van der Waals surface area contributed by atoms with Crippen LogP contribution in [0.2, 0.25) is 0 Å². The number of rotatable bonds is 4. The summed E-state index contributed by atoms with van der Waals surface area (Å²) in [4.78, 5) is 24.7. The van der Waals surface area contributed by atoms with Gasteiger partial charge in [-0.05, 0) is 55.9 Å². The second kappa shape index (κ2) is 8.07. The van der Waals surface area contributed by atoms with Crippen LogP contribution in [0, 0.1) is 25.7 Å². The summed E-state index contributed by atoms with van der Waals surface area (Å²) >= 11 is 0. The Labute approximate surface area is 187 Å². The lowest BCUT2D eigenvalue weighted by molar-refractivity contribution is 0.0438. The molecule has 3 atom stereocenters. The lowest BCUT2D eigenvalue weighted by Crippen LogP contribution is -2.47. The van der Waals surface area contributed by atoms with E-state index < -0.39 is 0 Å². The predicted octanol–water partition coefficient (Wildman–Crippen LogP) is 3.94. The van der Waals surface area contributed by atoms with Gasteiger partial charge in [0.25, 0.3) is 11.7 Å². The summed E-state index contributed by atoms with van der Waals surface area (Å²) in [7, 11) is 0. The van der Waals surface area contributed by atoms with Gasteiger partial charge in [-0.15, -0.1) is 5.10 Å². The molecule has 3 aromatic rings. The summed E-state index contributed by atoms with van der Waals surface area (Å²) in [6.45, 7) is 9.09. The number of aryl methyl sites for hydroxylation is 2. The van der Waals surface area contributed by atoms with E-state index in [0.717, 1.165) is 41.3 Å². The number of hydrogen-bond acceptors (Lipinski definition) is 6. The molecule has 5 rings (SSSR count). The van der Waals surface area contributed by atoms with Gasteiger partial charge in [-0.2, -0.15) is 4.98 Å². The van der Waals surface area contributed by atoms with E-state index in [1.54, 1.807) is 4.52 Å². The molecular formula is C24H29N5O3. The van der Waals surface area contributed by atoms with Crippen LogP contribution in [0.4, 0.5) is 0 Å². The number of hydrogen-bond donors (Lipinski definition) is 0. The van der Waals surface area contributed by atoms with Gasteiger partial charge in [0.1, 0.15) is 0 Å². The molecule has 8 heteroatoms. The van der Waals surface area contributed by atoms with Gasteiger partial charge in [0.15, 0.2) is 11.5 Å². The predicted molar refractivity (Wildman–Crippen MR) is 119 cm³/mol. The Morgan fingerprint density at radius 2 is 1.94 bits per heavy atom. The van der Waals surface area contributed by atoms with E-state index in [0.29, 0.717) is 24.2 Å². The standard InChI is InChI=1S/C24H29N5O3/c1-14-6-5-7-19(17(14)4)28(12-18-8-9-20-21(11-18)32-13-31-20)23(30)22-26-24-25-15(2)10-16(3)29(24)27-22/h8-11,14,17,19H,5-7,12-13H2,1-4H3. The number of carbonyl (C=O) groups is 1. The average molecular weight is 436 g/mol. The van der Waals surface area contributed by atoms with Crippen LogP contribution < -0.4 is 9.47 Å². The lowest BCUT2D eigenvalue weighted by atomic mass is 9.77. The van der Waals surface area contributed by atoms with E-state index in [4.69, 9.17) is 9.47 Å². The topological polar surface area (TPSA) is 81.9 Å². The van der Waals surface area contributed by atoms with Crippen molar-refractivity contribution >= 4 is 11.7 Å². The number of benzene rings is 1. The van der Waals surface area contributed by atoms with Crippen molar-refractivity contribution < 1.29 is 14.3 Å². The normalized spacial score (nSPS) is 22.3. The Kier molecular flexibility index (Phi) is 5.23. The van der Waals surface area contributed by atoms with Crippen molar-refractivity contribution in [3.8, 4) is 11.5 Å². The molecule has 0 spiro atoms. The maximum absolute atomic E-state index is 13.8. The first-order valence-electron chi connectivity index (χ1n) is 11.3. The number of amides is 1. The third-order valence-corrected chi connectivity index (χ3v) is 6.92. The zero-order valence-corrected chi connectivity index (χ0v) is 19.0. The lowest BCUT2D eigenvalue weighted by Gasteiger charge is -2.41. The van der Waals surface area contributed by atoms with Crippen molar-refractivity contribution in [1.29, 1.82) is 0 Å². The number of carbonyl (C=O) groups excluding carboxylic acids is 1. The minimum absolute atomic E-state index is 0.124. The fourth-order valence-electron chi connectivity index (χ4n) is 4.95. The molecule has 1 amide bonds. The number of nitrogens with zero attached hydrogens (tertiary/aromatic N) is 5. The molecule has 8 nitrogen and oxygen atoms in total. The summed E-state index contributed by atoms with van der Waals surface area (Å²) in [5.41, 5.74) is 2.76. The van der Waals surface area contributed by atoms with Crippen molar-refractivity contribution in [2.75, 3.05) is 6.79 Å². The molecular weight excluding hydrogens is 406 g/mol. The molecule has 0 radical (unpaired) electrons. The SMILES string of the molecule is Cc1cc(C)n2nc(C(=O)N(Cc3ccc4c(c3)OCO4)C3CCCC(C)C3C)nc2n1. The molecule has 32 heavy (non-hydrogen) atoms. The Morgan fingerprint density at radius 3 is 2.78 bits per heavy atom. The Hall–Kier alpha value is -3.16. The fourth-order valence-corrected chi connectivity index (χ4v) is 4.95. The summed E-state index contributed by atoms with van der Waals surface area (Å²) < 4.78 is 12.6. The van der Waals surface area contributed by atoms with Crippen molar-refractivity contribution in [1.82, 2.24) is 24.5 Å². The van der Waals surface area contributed by atoms with Crippen LogP contribution in [-0.2, 0) is 6.54 Å². The van der Waals surface area contributed by atoms with Gasteiger partial charge in [-0.1, -0.05) is 32.8 Å². The molecule has 1 aliphatic carbocycles. The van der Waals surface area contributed by atoms with Crippen molar-refractivity contribution in [3.05, 3.63) is 47.0 Å². The Morgan fingerprint density at radius 1 is 1.12 bits per heavy atom. The first-order valence-corrected chi connectivity index (χ1v) is 11.3. The first-order chi connectivity index (χ1) is 15.4.